The van der Waals surface area contributed by atoms with E-state index in [4.69, 9.17) is 25.5 Å². The standard InChI is InChI=1S/C6H6.C2H6O.2CNO/c1-2-4-6-5-3-1;1-2-3;2*2-1-3/h1-6H;3H,2H2,1H3;;/q;;2*-1. The molecule has 0 aromatic heterocycles. The number of aliphatic hydroxyl groups is 1. The van der Waals surface area contributed by atoms with Crippen LogP contribution in [-0.2, 0) is 9.59 Å². The summed E-state index contributed by atoms with van der Waals surface area (Å²) in [4.78, 5) is 16.5. The van der Waals surface area contributed by atoms with E-state index >= 15 is 0 Å². The minimum Gasteiger partial charge on any atom is -0.724 e. The van der Waals surface area contributed by atoms with Gasteiger partial charge >= 0.3 is 0 Å². The lowest BCUT2D eigenvalue weighted by Crippen LogP contribution is -1.57. The summed E-state index contributed by atoms with van der Waals surface area (Å²) in [6.07, 6.45) is 1.00. The molecule has 0 aliphatic carbocycles. The molecule has 1 rings (SSSR count). The van der Waals surface area contributed by atoms with Gasteiger partial charge in [0.25, 0.3) is 0 Å². The number of benzene rings is 1. The van der Waals surface area contributed by atoms with E-state index in [1.807, 2.05) is 36.4 Å². The summed E-state index contributed by atoms with van der Waals surface area (Å²) in [5.41, 5.74) is 0. The van der Waals surface area contributed by atoms with Crippen molar-refractivity contribution in [3.05, 3.63) is 47.2 Å². The third kappa shape index (κ3) is 76.0. The van der Waals surface area contributed by atoms with Gasteiger partial charge in [-0.25, -0.2) is 0 Å². The number of hydrogen-bond acceptors (Lipinski definition) is 3. The van der Waals surface area contributed by atoms with Crippen LogP contribution in [0, 0.1) is 0 Å². The largest absolute Gasteiger partial charge is 0.724 e. The maximum absolute atomic E-state index is 8.24. The Hall–Kier alpha value is -2.06. The highest BCUT2D eigenvalue weighted by molar-refractivity contribution is 5.37. The summed E-state index contributed by atoms with van der Waals surface area (Å²) in [6.45, 7) is 1.93. The van der Waals surface area contributed by atoms with Gasteiger partial charge in [0.1, 0.15) is 0 Å². The third-order valence-corrected chi connectivity index (χ3v) is 0.667. The highest BCUT2D eigenvalue weighted by Crippen LogP contribution is 1.79. The molecule has 1 aromatic carbocycles. The molecule has 82 valence electrons. The van der Waals surface area contributed by atoms with Crippen LogP contribution in [0.1, 0.15) is 6.92 Å². The minimum absolute atomic E-state index is 0.250. The molecule has 0 amide bonds. The van der Waals surface area contributed by atoms with Crippen molar-refractivity contribution in [2.45, 2.75) is 6.92 Å². The fourth-order valence-electron chi connectivity index (χ4n) is 0.385. The van der Waals surface area contributed by atoms with Crippen molar-refractivity contribution in [2.75, 3.05) is 6.61 Å². The lowest BCUT2D eigenvalue weighted by molar-refractivity contribution is 0.318. The molecule has 0 spiro atoms. The van der Waals surface area contributed by atoms with Crippen LogP contribution in [-0.4, -0.2) is 23.9 Å². The molecule has 0 radical (unpaired) electrons. The lowest BCUT2D eigenvalue weighted by atomic mass is 10.4. The van der Waals surface area contributed by atoms with Gasteiger partial charge in [0, 0.05) is 6.61 Å². The second kappa shape index (κ2) is 29.7. The molecule has 5 heteroatoms. The van der Waals surface area contributed by atoms with Gasteiger partial charge in [-0.2, -0.15) is 0 Å². The summed E-state index contributed by atoms with van der Waals surface area (Å²) >= 11 is 0. The van der Waals surface area contributed by atoms with Crippen LogP contribution >= 0.6 is 0 Å². The smallest absolute Gasteiger partial charge is 0.0402 e. The highest BCUT2D eigenvalue weighted by Gasteiger charge is 1.57. The normalized spacial score (nSPS) is 5.47. The van der Waals surface area contributed by atoms with E-state index in [9.17, 15) is 0 Å². The van der Waals surface area contributed by atoms with E-state index in [-0.39, 0.29) is 6.61 Å². The van der Waals surface area contributed by atoms with Crippen molar-refractivity contribution < 1.29 is 14.7 Å². The van der Waals surface area contributed by atoms with Crippen molar-refractivity contribution >= 4 is 12.2 Å². The van der Waals surface area contributed by atoms with Gasteiger partial charge in [-0.15, -0.1) is 0 Å². The summed E-state index contributed by atoms with van der Waals surface area (Å²) in [5, 5.41) is 21.1. The Morgan fingerprint density at radius 1 is 0.933 bits per heavy atom. The second-order valence-corrected chi connectivity index (χ2v) is 1.65. The quantitative estimate of drug-likeness (QED) is 0.516. The van der Waals surface area contributed by atoms with E-state index in [0.29, 0.717) is 12.2 Å². The first-order valence-electron chi connectivity index (χ1n) is 3.88. The van der Waals surface area contributed by atoms with E-state index in [0.717, 1.165) is 0 Å². The molecule has 0 bridgehead atoms. The van der Waals surface area contributed by atoms with Gasteiger partial charge in [-0.3, -0.25) is 9.59 Å². The second-order valence-electron chi connectivity index (χ2n) is 1.65. The Morgan fingerprint density at radius 3 is 1.07 bits per heavy atom. The molecular weight excluding hydrogens is 196 g/mol. The molecule has 0 saturated carbocycles. The maximum atomic E-state index is 8.24. The first-order chi connectivity index (χ1) is 7.24. The topological polar surface area (TPSA) is 99.0 Å². The Bertz CT molecular complexity index is 212. The average Bonchev–Trinajstić information content (AvgIpc) is 2.24. The van der Waals surface area contributed by atoms with E-state index in [1.54, 1.807) is 6.92 Å². The van der Waals surface area contributed by atoms with Crippen LogP contribution < -0.4 is 0 Å². The first-order valence-corrected chi connectivity index (χ1v) is 3.88. The van der Waals surface area contributed by atoms with Crippen LogP contribution in [0.4, 0.5) is 0 Å². The zero-order chi connectivity index (χ0) is 12.4. The predicted octanol–water partition coefficient (Wildman–Crippen LogP) is 1.47. The van der Waals surface area contributed by atoms with Crippen LogP contribution in [0.5, 0.6) is 0 Å². The van der Waals surface area contributed by atoms with E-state index in [1.165, 1.54) is 0 Å². The van der Waals surface area contributed by atoms with Crippen molar-refractivity contribution in [3.63, 3.8) is 0 Å². The number of hydrogen-bond donors (Lipinski definition) is 1. The molecular formula is C10H12N2O3-2. The highest BCUT2D eigenvalue weighted by atomic mass is 16.2. The average molecular weight is 208 g/mol. The molecule has 0 saturated heterocycles. The summed E-state index contributed by atoms with van der Waals surface area (Å²) in [6, 6.07) is 12.0. The molecule has 0 heterocycles. The van der Waals surface area contributed by atoms with Gasteiger partial charge in [0.15, 0.2) is 0 Å². The van der Waals surface area contributed by atoms with Crippen LogP contribution in [0.2, 0.25) is 0 Å². The Morgan fingerprint density at radius 2 is 1.00 bits per heavy atom. The molecule has 1 aromatic rings. The van der Waals surface area contributed by atoms with Crippen LogP contribution in [0.25, 0.3) is 10.8 Å². The summed E-state index contributed by atoms with van der Waals surface area (Å²) in [5.74, 6) is 0. The molecule has 5 nitrogen and oxygen atoms in total. The predicted molar refractivity (Wildman–Crippen MR) is 57.3 cm³/mol. The van der Waals surface area contributed by atoms with Gasteiger partial charge in [-0.05, 0) is 19.1 Å². The van der Waals surface area contributed by atoms with Gasteiger partial charge in [-0.1, -0.05) is 36.4 Å². The number of nitrogens with zero attached hydrogens (tertiary/aromatic N) is 2. The monoisotopic (exact) mass is 208 g/mol. The number of rotatable bonds is 0. The molecule has 0 aliphatic rings. The fourth-order valence-corrected chi connectivity index (χ4v) is 0.385. The molecule has 0 atom stereocenters. The van der Waals surface area contributed by atoms with Crippen molar-refractivity contribution in [2.24, 2.45) is 0 Å². The molecule has 0 fully saturated rings. The number of carbonyl (C=O) groups excluding carboxylic acids is 2. The summed E-state index contributed by atoms with van der Waals surface area (Å²) in [7, 11) is 0. The van der Waals surface area contributed by atoms with Gasteiger partial charge in [0.05, 0.1) is 0 Å². The number of isocyanates is 2. The van der Waals surface area contributed by atoms with Crippen LogP contribution in [0.15, 0.2) is 36.4 Å². The molecule has 15 heavy (non-hydrogen) atoms. The van der Waals surface area contributed by atoms with Gasteiger partial charge < -0.3 is 15.9 Å². The molecule has 0 unspecified atom stereocenters. The van der Waals surface area contributed by atoms with Crippen LogP contribution in [0.3, 0.4) is 0 Å². The van der Waals surface area contributed by atoms with Gasteiger partial charge in [0.2, 0.25) is 0 Å². The van der Waals surface area contributed by atoms with E-state index < -0.39 is 0 Å². The van der Waals surface area contributed by atoms with Crippen molar-refractivity contribution in [1.29, 1.82) is 0 Å². The first kappa shape index (κ1) is 18.7. The minimum atomic E-state index is 0.250. The Labute approximate surface area is 88.4 Å². The maximum Gasteiger partial charge on any atom is 0.0402 e. The third-order valence-electron chi connectivity index (χ3n) is 0.667. The Kier molecular flexibility index (Phi) is 36.9. The van der Waals surface area contributed by atoms with Crippen molar-refractivity contribution in [3.8, 4) is 0 Å². The number of aliphatic hydroxyl groups excluding tert-OH is 1. The fraction of sp³-hybridized carbons (Fsp3) is 0.200. The lowest BCUT2D eigenvalue weighted by Gasteiger charge is -1.69. The van der Waals surface area contributed by atoms with Crippen molar-refractivity contribution in [1.82, 2.24) is 0 Å². The zero-order valence-corrected chi connectivity index (χ0v) is 8.33. The molecule has 0 aliphatic heterocycles. The Balaban J connectivity index is -0.000000140. The molecule has 1 N–H and O–H groups in total. The summed E-state index contributed by atoms with van der Waals surface area (Å²) < 4.78 is 0. The SMILES string of the molecule is CCO.[N-]=C=O.[N-]=C=O.c1ccccc1. The zero-order valence-electron chi connectivity index (χ0n) is 8.33. The van der Waals surface area contributed by atoms with E-state index in [2.05, 4.69) is 0 Å².